The van der Waals surface area contributed by atoms with Gasteiger partial charge in [-0.05, 0) is 48.4 Å². The number of likely N-dealkylation sites (tertiary alicyclic amines) is 1. The molecule has 1 saturated heterocycles. The van der Waals surface area contributed by atoms with Crippen LogP contribution in [0.25, 0.3) is 0 Å². The molecule has 1 atom stereocenters. The molecule has 2 rings (SSSR count). The molecule has 18 heavy (non-hydrogen) atoms. The topological polar surface area (TPSA) is 29.3 Å². The average Bonchev–Trinajstić information content (AvgIpc) is 2.80. The highest BCUT2D eigenvalue weighted by molar-refractivity contribution is 5.31. The SMILES string of the molecule is Cc1cc(CN)ccc1CN1CCC(C(C)C)C1. The molecule has 0 aromatic heterocycles. The molecular formula is C16H26N2. The summed E-state index contributed by atoms with van der Waals surface area (Å²) < 4.78 is 0. The maximum Gasteiger partial charge on any atom is 0.0236 e. The van der Waals surface area contributed by atoms with E-state index in [0.717, 1.165) is 18.4 Å². The molecule has 100 valence electrons. The number of nitrogens with zero attached hydrogens (tertiary/aromatic N) is 1. The predicted molar refractivity (Wildman–Crippen MR) is 77.3 cm³/mol. The van der Waals surface area contributed by atoms with E-state index in [2.05, 4.69) is 43.9 Å². The van der Waals surface area contributed by atoms with E-state index in [-0.39, 0.29) is 0 Å². The van der Waals surface area contributed by atoms with Crippen LogP contribution in [0.1, 0.15) is 37.0 Å². The Morgan fingerprint density at radius 1 is 1.39 bits per heavy atom. The van der Waals surface area contributed by atoms with Crippen LogP contribution in [0.15, 0.2) is 18.2 Å². The van der Waals surface area contributed by atoms with Gasteiger partial charge >= 0.3 is 0 Å². The van der Waals surface area contributed by atoms with Gasteiger partial charge in [0.25, 0.3) is 0 Å². The van der Waals surface area contributed by atoms with Crippen molar-refractivity contribution < 1.29 is 0 Å². The summed E-state index contributed by atoms with van der Waals surface area (Å²) >= 11 is 0. The Hall–Kier alpha value is -0.860. The van der Waals surface area contributed by atoms with Crippen molar-refractivity contribution in [2.24, 2.45) is 17.6 Å². The Morgan fingerprint density at radius 3 is 2.72 bits per heavy atom. The maximum atomic E-state index is 5.67. The molecule has 1 aliphatic rings. The lowest BCUT2D eigenvalue weighted by atomic mass is 9.95. The zero-order chi connectivity index (χ0) is 13.1. The van der Waals surface area contributed by atoms with Crippen LogP contribution in [0, 0.1) is 18.8 Å². The minimum atomic E-state index is 0.639. The Kier molecular flexibility index (Phi) is 4.41. The average molecular weight is 246 g/mol. The molecule has 1 aromatic rings. The molecule has 1 aromatic carbocycles. The molecule has 1 heterocycles. The van der Waals surface area contributed by atoms with E-state index in [1.807, 2.05) is 0 Å². The summed E-state index contributed by atoms with van der Waals surface area (Å²) in [5.74, 6) is 1.70. The quantitative estimate of drug-likeness (QED) is 0.885. The van der Waals surface area contributed by atoms with Crippen LogP contribution in [0.3, 0.4) is 0 Å². The number of hydrogen-bond acceptors (Lipinski definition) is 2. The van der Waals surface area contributed by atoms with Crippen molar-refractivity contribution in [1.82, 2.24) is 4.90 Å². The molecule has 2 N–H and O–H groups in total. The van der Waals surface area contributed by atoms with E-state index < -0.39 is 0 Å². The van der Waals surface area contributed by atoms with Gasteiger partial charge in [0.15, 0.2) is 0 Å². The standard InChI is InChI=1S/C16H26N2/c1-12(2)15-6-7-18(10-15)11-16-5-4-14(9-17)8-13(16)3/h4-5,8,12,15H,6-7,9-11,17H2,1-3H3. The van der Waals surface area contributed by atoms with Gasteiger partial charge in [0.05, 0.1) is 0 Å². The first-order valence-electron chi connectivity index (χ1n) is 7.11. The van der Waals surface area contributed by atoms with Crippen molar-refractivity contribution in [3.05, 3.63) is 34.9 Å². The highest BCUT2D eigenvalue weighted by Crippen LogP contribution is 2.25. The molecule has 1 unspecified atom stereocenters. The highest BCUT2D eigenvalue weighted by Gasteiger charge is 2.24. The van der Waals surface area contributed by atoms with Gasteiger partial charge in [0, 0.05) is 19.6 Å². The summed E-state index contributed by atoms with van der Waals surface area (Å²) in [5.41, 5.74) is 9.74. The number of benzene rings is 1. The van der Waals surface area contributed by atoms with Crippen molar-refractivity contribution in [3.63, 3.8) is 0 Å². The third kappa shape index (κ3) is 3.12. The van der Waals surface area contributed by atoms with Crippen molar-refractivity contribution >= 4 is 0 Å². The van der Waals surface area contributed by atoms with Crippen LogP contribution in [0.5, 0.6) is 0 Å². The summed E-state index contributed by atoms with van der Waals surface area (Å²) in [4.78, 5) is 2.59. The van der Waals surface area contributed by atoms with Gasteiger partial charge in [0.2, 0.25) is 0 Å². The van der Waals surface area contributed by atoms with Crippen LogP contribution < -0.4 is 5.73 Å². The Balaban J connectivity index is 1.98. The van der Waals surface area contributed by atoms with Gasteiger partial charge in [-0.1, -0.05) is 32.0 Å². The number of hydrogen-bond donors (Lipinski definition) is 1. The molecular weight excluding hydrogens is 220 g/mol. The van der Waals surface area contributed by atoms with Crippen LogP contribution in [0.2, 0.25) is 0 Å². The van der Waals surface area contributed by atoms with Crippen LogP contribution in [0.4, 0.5) is 0 Å². The monoisotopic (exact) mass is 246 g/mol. The zero-order valence-corrected chi connectivity index (χ0v) is 11.9. The Labute approximate surface area is 111 Å². The van der Waals surface area contributed by atoms with E-state index in [0.29, 0.717) is 6.54 Å². The van der Waals surface area contributed by atoms with Gasteiger partial charge in [-0.15, -0.1) is 0 Å². The lowest BCUT2D eigenvalue weighted by Gasteiger charge is -2.19. The minimum Gasteiger partial charge on any atom is -0.326 e. The third-order valence-corrected chi connectivity index (χ3v) is 4.29. The van der Waals surface area contributed by atoms with Crippen molar-refractivity contribution in [1.29, 1.82) is 0 Å². The second kappa shape index (κ2) is 5.85. The zero-order valence-electron chi connectivity index (χ0n) is 11.9. The summed E-state index contributed by atoms with van der Waals surface area (Å²) in [6.45, 7) is 11.1. The smallest absolute Gasteiger partial charge is 0.0236 e. The fourth-order valence-electron chi connectivity index (χ4n) is 2.85. The summed E-state index contributed by atoms with van der Waals surface area (Å²) in [6.07, 6.45) is 1.36. The predicted octanol–water partition coefficient (Wildman–Crippen LogP) is 2.93. The number of nitrogens with two attached hydrogens (primary N) is 1. The van der Waals surface area contributed by atoms with Crippen LogP contribution in [-0.4, -0.2) is 18.0 Å². The lowest BCUT2D eigenvalue weighted by Crippen LogP contribution is -2.22. The molecule has 0 bridgehead atoms. The molecule has 0 aliphatic carbocycles. The van der Waals surface area contributed by atoms with E-state index in [1.165, 1.54) is 36.2 Å². The van der Waals surface area contributed by atoms with Gasteiger partial charge in [-0.25, -0.2) is 0 Å². The first kappa shape index (κ1) is 13.6. The van der Waals surface area contributed by atoms with Gasteiger partial charge in [-0.2, -0.15) is 0 Å². The molecule has 0 saturated carbocycles. The molecule has 1 fully saturated rings. The summed E-state index contributed by atoms with van der Waals surface area (Å²) in [6, 6.07) is 6.64. The van der Waals surface area contributed by atoms with Crippen molar-refractivity contribution in [3.8, 4) is 0 Å². The first-order chi connectivity index (χ1) is 8.60. The molecule has 0 radical (unpaired) electrons. The molecule has 2 heteroatoms. The van der Waals surface area contributed by atoms with Crippen LogP contribution in [-0.2, 0) is 13.1 Å². The largest absolute Gasteiger partial charge is 0.326 e. The van der Waals surface area contributed by atoms with Crippen molar-refractivity contribution in [2.75, 3.05) is 13.1 Å². The number of rotatable bonds is 4. The normalized spacial score (nSPS) is 20.8. The van der Waals surface area contributed by atoms with E-state index in [1.54, 1.807) is 0 Å². The Bertz CT molecular complexity index is 398. The highest BCUT2D eigenvalue weighted by atomic mass is 15.1. The first-order valence-corrected chi connectivity index (χ1v) is 7.11. The lowest BCUT2D eigenvalue weighted by molar-refractivity contribution is 0.296. The second-order valence-corrected chi connectivity index (χ2v) is 5.99. The third-order valence-electron chi connectivity index (χ3n) is 4.29. The summed E-state index contributed by atoms with van der Waals surface area (Å²) in [5, 5.41) is 0. The fraction of sp³-hybridized carbons (Fsp3) is 0.625. The molecule has 1 aliphatic heterocycles. The minimum absolute atomic E-state index is 0.639. The second-order valence-electron chi connectivity index (χ2n) is 5.99. The molecule has 0 spiro atoms. The van der Waals surface area contributed by atoms with Crippen molar-refractivity contribution in [2.45, 2.75) is 40.3 Å². The van der Waals surface area contributed by atoms with E-state index in [9.17, 15) is 0 Å². The van der Waals surface area contributed by atoms with Gasteiger partial charge < -0.3 is 5.73 Å². The summed E-state index contributed by atoms with van der Waals surface area (Å²) in [7, 11) is 0. The van der Waals surface area contributed by atoms with E-state index in [4.69, 9.17) is 5.73 Å². The van der Waals surface area contributed by atoms with Crippen LogP contribution >= 0.6 is 0 Å². The Morgan fingerprint density at radius 2 is 2.17 bits per heavy atom. The number of aryl methyl sites for hydroxylation is 1. The van der Waals surface area contributed by atoms with Gasteiger partial charge in [0.1, 0.15) is 0 Å². The molecule has 2 nitrogen and oxygen atoms in total. The molecule has 0 amide bonds. The fourth-order valence-corrected chi connectivity index (χ4v) is 2.85. The van der Waals surface area contributed by atoms with Gasteiger partial charge in [-0.3, -0.25) is 4.90 Å². The maximum absolute atomic E-state index is 5.67. The van der Waals surface area contributed by atoms with E-state index >= 15 is 0 Å².